The molecule has 3 rings (SSSR count). The van der Waals surface area contributed by atoms with Crippen LogP contribution in [0.15, 0.2) is 66.9 Å². The largest absolute Gasteiger partial charge is 0.481 e. The van der Waals surface area contributed by atoms with E-state index >= 15 is 0 Å². The summed E-state index contributed by atoms with van der Waals surface area (Å²) in [7, 11) is 1.51. The highest BCUT2D eigenvalue weighted by Gasteiger charge is 2.09. The van der Waals surface area contributed by atoms with E-state index in [1.165, 1.54) is 13.3 Å². The molecule has 0 unspecified atom stereocenters. The quantitative estimate of drug-likeness (QED) is 0.537. The number of carbonyl (C=O) groups excluding carboxylic acids is 1. The Morgan fingerprint density at radius 2 is 1.60 bits per heavy atom. The van der Waals surface area contributed by atoms with Gasteiger partial charge in [0.05, 0.1) is 24.3 Å². The maximum atomic E-state index is 12.1. The number of esters is 1. The van der Waals surface area contributed by atoms with Crippen LogP contribution in [0.3, 0.4) is 0 Å². The highest BCUT2D eigenvalue weighted by atomic mass is 16.5. The van der Waals surface area contributed by atoms with Crippen LogP contribution in [-0.4, -0.2) is 18.1 Å². The molecule has 0 aliphatic carbocycles. The minimum absolute atomic E-state index is 0.344. The third kappa shape index (κ3) is 3.82. The number of benzene rings is 2. The molecule has 1 aromatic heterocycles. The van der Waals surface area contributed by atoms with Gasteiger partial charge in [0.25, 0.3) is 0 Å². The zero-order chi connectivity index (χ0) is 17.6. The van der Waals surface area contributed by atoms with Crippen LogP contribution < -0.4 is 9.47 Å². The number of hydrogen-bond donors (Lipinski definition) is 0. The Balaban J connectivity index is 1.71. The number of aromatic nitrogens is 1. The molecule has 0 atom stereocenters. The van der Waals surface area contributed by atoms with Gasteiger partial charge < -0.3 is 9.47 Å². The SMILES string of the molecule is COc1ccc(C(=O)Oc2ccc(-c3ccc(C#N)cc3)cc2)cn1. The molecule has 0 saturated heterocycles. The maximum absolute atomic E-state index is 12.1. The van der Waals surface area contributed by atoms with Crippen LogP contribution in [0.5, 0.6) is 11.6 Å². The Bertz CT molecular complexity index is 909. The van der Waals surface area contributed by atoms with E-state index in [1.807, 2.05) is 24.3 Å². The molecule has 0 aliphatic rings. The smallest absolute Gasteiger partial charge is 0.345 e. The van der Waals surface area contributed by atoms with Crippen molar-refractivity contribution in [1.82, 2.24) is 4.98 Å². The number of hydrogen-bond acceptors (Lipinski definition) is 5. The molecule has 5 nitrogen and oxygen atoms in total. The summed E-state index contributed by atoms with van der Waals surface area (Å²) in [5.41, 5.74) is 2.91. The fourth-order valence-corrected chi connectivity index (χ4v) is 2.24. The topological polar surface area (TPSA) is 72.2 Å². The summed E-state index contributed by atoms with van der Waals surface area (Å²) in [6, 6.07) is 19.7. The van der Waals surface area contributed by atoms with E-state index in [2.05, 4.69) is 11.1 Å². The van der Waals surface area contributed by atoms with Gasteiger partial charge >= 0.3 is 5.97 Å². The minimum Gasteiger partial charge on any atom is -0.481 e. The van der Waals surface area contributed by atoms with Gasteiger partial charge in [-0.15, -0.1) is 0 Å². The van der Waals surface area contributed by atoms with Crippen molar-refractivity contribution >= 4 is 5.97 Å². The summed E-state index contributed by atoms with van der Waals surface area (Å²) in [5.74, 6) is 0.391. The van der Waals surface area contributed by atoms with Gasteiger partial charge in [0.1, 0.15) is 5.75 Å². The molecule has 0 amide bonds. The van der Waals surface area contributed by atoms with Crippen molar-refractivity contribution in [1.29, 1.82) is 5.26 Å². The monoisotopic (exact) mass is 330 g/mol. The molecule has 0 N–H and O–H groups in total. The number of carbonyl (C=O) groups is 1. The Hall–Kier alpha value is -3.65. The van der Waals surface area contributed by atoms with Gasteiger partial charge in [-0.25, -0.2) is 9.78 Å². The van der Waals surface area contributed by atoms with Gasteiger partial charge in [-0.05, 0) is 41.5 Å². The summed E-state index contributed by atoms with van der Waals surface area (Å²) < 4.78 is 10.3. The van der Waals surface area contributed by atoms with Crippen molar-refractivity contribution in [3.05, 3.63) is 78.0 Å². The molecule has 0 fully saturated rings. The molecule has 0 bridgehead atoms. The fraction of sp³-hybridized carbons (Fsp3) is 0.0500. The first-order chi connectivity index (χ1) is 12.2. The average molecular weight is 330 g/mol. The highest BCUT2D eigenvalue weighted by molar-refractivity contribution is 5.90. The standard InChI is InChI=1S/C20H14N2O3/c1-24-19-11-8-17(13-22-19)20(23)25-18-9-6-16(7-10-18)15-4-2-14(12-21)3-5-15/h2-11,13H,1H3. The molecule has 25 heavy (non-hydrogen) atoms. The van der Waals surface area contributed by atoms with E-state index < -0.39 is 5.97 Å². The summed E-state index contributed by atoms with van der Waals surface area (Å²) in [4.78, 5) is 16.1. The van der Waals surface area contributed by atoms with E-state index in [4.69, 9.17) is 14.7 Å². The molecule has 0 saturated carbocycles. The highest BCUT2D eigenvalue weighted by Crippen LogP contribution is 2.23. The van der Waals surface area contributed by atoms with Crippen LogP contribution in [0.1, 0.15) is 15.9 Å². The third-order valence-corrected chi connectivity index (χ3v) is 3.59. The van der Waals surface area contributed by atoms with E-state index in [-0.39, 0.29) is 0 Å². The third-order valence-electron chi connectivity index (χ3n) is 3.59. The fourth-order valence-electron chi connectivity index (χ4n) is 2.24. The van der Waals surface area contributed by atoms with Gasteiger partial charge in [0.2, 0.25) is 5.88 Å². The molecular formula is C20H14N2O3. The second-order valence-corrected chi connectivity index (χ2v) is 5.19. The van der Waals surface area contributed by atoms with E-state index in [0.717, 1.165) is 11.1 Å². The Labute approximate surface area is 145 Å². The normalized spacial score (nSPS) is 9.92. The molecule has 122 valence electrons. The van der Waals surface area contributed by atoms with Crippen molar-refractivity contribution < 1.29 is 14.3 Å². The zero-order valence-corrected chi connectivity index (χ0v) is 13.5. The number of nitriles is 1. The molecular weight excluding hydrogens is 316 g/mol. The Morgan fingerprint density at radius 1 is 0.960 bits per heavy atom. The number of methoxy groups -OCH3 is 1. The predicted molar refractivity (Wildman–Crippen MR) is 92.3 cm³/mol. The van der Waals surface area contributed by atoms with Crippen molar-refractivity contribution in [2.24, 2.45) is 0 Å². The lowest BCUT2D eigenvalue weighted by Crippen LogP contribution is -2.08. The van der Waals surface area contributed by atoms with Crippen LogP contribution in [-0.2, 0) is 0 Å². The summed E-state index contributed by atoms with van der Waals surface area (Å²) in [6.45, 7) is 0. The Kier molecular flexibility index (Phi) is 4.72. The van der Waals surface area contributed by atoms with Gasteiger partial charge in [0.15, 0.2) is 0 Å². The first kappa shape index (κ1) is 16.2. The molecule has 3 aromatic rings. The van der Waals surface area contributed by atoms with Crippen LogP contribution in [0.4, 0.5) is 0 Å². The lowest BCUT2D eigenvalue weighted by Gasteiger charge is -2.06. The minimum atomic E-state index is -0.485. The van der Waals surface area contributed by atoms with Crippen molar-refractivity contribution in [2.75, 3.05) is 7.11 Å². The van der Waals surface area contributed by atoms with Crippen molar-refractivity contribution in [3.8, 4) is 28.8 Å². The number of rotatable bonds is 4. The Morgan fingerprint density at radius 3 is 2.12 bits per heavy atom. The van der Waals surface area contributed by atoms with Crippen LogP contribution in [0.25, 0.3) is 11.1 Å². The molecule has 1 heterocycles. The molecule has 5 heteroatoms. The van der Waals surface area contributed by atoms with Crippen molar-refractivity contribution in [2.45, 2.75) is 0 Å². The van der Waals surface area contributed by atoms with E-state index in [9.17, 15) is 4.79 Å². The van der Waals surface area contributed by atoms with Crippen LogP contribution >= 0.6 is 0 Å². The lowest BCUT2D eigenvalue weighted by molar-refractivity contribution is 0.0734. The molecule has 0 aliphatic heterocycles. The summed E-state index contributed by atoms with van der Waals surface area (Å²) in [5, 5.41) is 8.83. The summed E-state index contributed by atoms with van der Waals surface area (Å²) >= 11 is 0. The molecule has 0 radical (unpaired) electrons. The van der Waals surface area contributed by atoms with E-state index in [0.29, 0.717) is 22.8 Å². The average Bonchev–Trinajstić information content (AvgIpc) is 2.68. The van der Waals surface area contributed by atoms with Crippen LogP contribution in [0.2, 0.25) is 0 Å². The summed E-state index contributed by atoms with van der Waals surface area (Å²) in [6.07, 6.45) is 1.41. The first-order valence-electron chi connectivity index (χ1n) is 7.52. The van der Waals surface area contributed by atoms with Gasteiger partial charge in [-0.1, -0.05) is 24.3 Å². The number of pyridine rings is 1. The van der Waals surface area contributed by atoms with Gasteiger partial charge in [-0.2, -0.15) is 5.26 Å². The van der Waals surface area contributed by atoms with Crippen LogP contribution in [0, 0.1) is 11.3 Å². The lowest BCUT2D eigenvalue weighted by atomic mass is 10.0. The zero-order valence-electron chi connectivity index (χ0n) is 13.5. The molecule has 2 aromatic carbocycles. The van der Waals surface area contributed by atoms with Gasteiger partial charge in [0, 0.05) is 12.3 Å². The molecule has 0 spiro atoms. The first-order valence-corrected chi connectivity index (χ1v) is 7.52. The second-order valence-electron chi connectivity index (χ2n) is 5.19. The predicted octanol–water partition coefficient (Wildman–Crippen LogP) is 3.85. The maximum Gasteiger partial charge on any atom is 0.345 e. The number of ether oxygens (including phenoxy) is 2. The number of nitrogens with zero attached hydrogens (tertiary/aromatic N) is 2. The van der Waals surface area contributed by atoms with Crippen molar-refractivity contribution in [3.63, 3.8) is 0 Å². The van der Waals surface area contributed by atoms with Gasteiger partial charge in [-0.3, -0.25) is 0 Å². The second kappa shape index (κ2) is 7.28. The van der Waals surface area contributed by atoms with E-state index in [1.54, 1.807) is 36.4 Å².